The van der Waals surface area contributed by atoms with Crippen LogP contribution in [0.15, 0.2) is 63.5 Å². The first-order valence-electron chi connectivity index (χ1n) is 11.4. The van der Waals surface area contributed by atoms with Gasteiger partial charge in [0.1, 0.15) is 5.75 Å². The van der Waals surface area contributed by atoms with Crippen LogP contribution in [-0.4, -0.2) is 38.0 Å². The van der Waals surface area contributed by atoms with Gasteiger partial charge >= 0.3 is 5.97 Å². The number of carbonyl (C=O) groups is 1. The smallest absolute Gasteiger partial charge is 0.338 e. The number of carbonyl (C=O) groups excluding carboxylic acids is 1. The van der Waals surface area contributed by atoms with E-state index in [1.54, 1.807) is 77.0 Å². The maximum absolute atomic E-state index is 13.7. The van der Waals surface area contributed by atoms with E-state index in [0.717, 1.165) is 11.1 Å². The highest BCUT2D eigenvalue weighted by molar-refractivity contribution is 7.07. The Bertz CT molecular complexity index is 1500. The molecule has 2 aromatic carbocycles. The van der Waals surface area contributed by atoms with Gasteiger partial charge in [-0.25, -0.2) is 9.79 Å². The van der Waals surface area contributed by atoms with Crippen molar-refractivity contribution in [2.75, 3.05) is 21.3 Å². The van der Waals surface area contributed by atoms with Crippen molar-refractivity contribution < 1.29 is 23.7 Å². The van der Waals surface area contributed by atoms with Crippen molar-refractivity contribution in [3.63, 3.8) is 0 Å². The van der Waals surface area contributed by atoms with Crippen molar-refractivity contribution >= 4 is 23.4 Å². The van der Waals surface area contributed by atoms with Crippen LogP contribution >= 0.6 is 11.3 Å². The van der Waals surface area contributed by atoms with Crippen molar-refractivity contribution in [3.8, 4) is 17.2 Å². The average Bonchev–Trinajstić information content (AvgIpc) is 3.16. The van der Waals surface area contributed by atoms with Crippen LogP contribution in [-0.2, 0) is 9.53 Å². The van der Waals surface area contributed by atoms with Gasteiger partial charge < -0.3 is 18.9 Å². The van der Waals surface area contributed by atoms with Gasteiger partial charge in [-0.3, -0.25) is 9.36 Å². The molecule has 188 valence electrons. The van der Waals surface area contributed by atoms with Gasteiger partial charge in [0, 0.05) is 0 Å². The average molecular weight is 509 g/mol. The first-order chi connectivity index (χ1) is 17.3. The van der Waals surface area contributed by atoms with Gasteiger partial charge in [-0.1, -0.05) is 29.5 Å². The zero-order valence-electron chi connectivity index (χ0n) is 21.0. The molecule has 8 nitrogen and oxygen atoms in total. The first-order valence-corrected chi connectivity index (χ1v) is 12.2. The predicted octanol–water partition coefficient (Wildman–Crippen LogP) is 3.21. The summed E-state index contributed by atoms with van der Waals surface area (Å²) in [5.74, 6) is 1.33. The SMILES string of the molecule is COc1ccc(C2C(C(=O)OC(C)C)=C(C)N=c3sc(=Cc4ccc(OC)c(OC)c4)c(=O)n32)cc1. The largest absolute Gasteiger partial charge is 0.497 e. The summed E-state index contributed by atoms with van der Waals surface area (Å²) in [6.07, 6.45) is 1.46. The van der Waals surface area contributed by atoms with E-state index in [0.29, 0.717) is 37.9 Å². The zero-order chi connectivity index (χ0) is 26.0. The lowest BCUT2D eigenvalue weighted by molar-refractivity contribution is -0.143. The maximum atomic E-state index is 13.7. The molecule has 1 atom stereocenters. The molecule has 36 heavy (non-hydrogen) atoms. The highest BCUT2D eigenvalue weighted by Crippen LogP contribution is 2.32. The van der Waals surface area contributed by atoms with Gasteiger partial charge in [-0.15, -0.1) is 0 Å². The number of aromatic nitrogens is 1. The molecule has 0 amide bonds. The van der Waals surface area contributed by atoms with E-state index in [9.17, 15) is 9.59 Å². The molecule has 0 spiro atoms. The van der Waals surface area contributed by atoms with Gasteiger partial charge in [-0.05, 0) is 62.2 Å². The van der Waals surface area contributed by atoms with Crippen molar-refractivity contribution in [3.05, 3.63) is 84.5 Å². The fourth-order valence-electron chi connectivity index (χ4n) is 4.06. The number of fused-ring (bicyclic) bond motifs is 1. The Balaban J connectivity index is 1.91. The molecule has 0 radical (unpaired) electrons. The molecule has 4 rings (SSSR count). The summed E-state index contributed by atoms with van der Waals surface area (Å²) in [5, 5.41) is 0. The van der Waals surface area contributed by atoms with Gasteiger partial charge in [0.25, 0.3) is 5.56 Å². The minimum Gasteiger partial charge on any atom is -0.497 e. The summed E-state index contributed by atoms with van der Waals surface area (Å²) in [6, 6.07) is 12.0. The summed E-state index contributed by atoms with van der Waals surface area (Å²) in [7, 11) is 4.71. The fraction of sp³-hybridized carbons (Fsp3) is 0.296. The van der Waals surface area contributed by atoms with E-state index in [-0.39, 0.29) is 11.7 Å². The normalized spacial score (nSPS) is 15.4. The van der Waals surface area contributed by atoms with E-state index in [2.05, 4.69) is 4.99 Å². The summed E-state index contributed by atoms with van der Waals surface area (Å²) in [6.45, 7) is 5.34. The Morgan fingerprint density at radius 3 is 2.33 bits per heavy atom. The maximum Gasteiger partial charge on any atom is 0.338 e. The van der Waals surface area contributed by atoms with E-state index in [1.165, 1.54) is 11.3 Å². The number of hydrogen-bond donors (Lipinski definition) is 0. The molecule has 0 N–H and O–H groups in total. The van der Waals surface area contributed by atoms with Crippen LogP contribution in [0.25, 0.3) is 6.08 Å². The number of methoxy groups -OCH3 is 3. The molecule has 0 saturated heterocycles. The monoisotopic (exact) mass is 508 g/mol. The molecule has 2 heterocycles. The van der Waals surface area contributed by atoms with E-state index < -0.39 is 12.0 Å². The van der Waals surface area contributed by atoms with Gasteiger partial charge in [-0.2, -0.15) is 0 Å². The molecule has 3 aromatic rings. The minimum absolute atomic E-state index is 0.253. The molecule has 1 unspecified atom stereocenters. The van der Waals surface area contributed by atoms with Crippen molar-refractivity contribution in [1.29, 1.82) is 0 Å². The van der Waals surface area contributed by atoms with Crippen LogP contribution in [0.4, 0.5) is 0 Å². The number of thiazole rings is 1. The fourth-order valence-corrected chi connectivity index (χ4v) is 5.10. The first kappa shape index (κ1) is 25.2. The van der Waals surface area contributed by atoms with Crippen LogP contribution in [0.3, 0.4) is 0 Å². The second-order valence-corrected chi connectivity index (χ2v) is 9.43. The van der Waals surface area contributed by atoms with Gasteiger partial charge in [0.15, 0.2) is 16.3 Å². The third-order valence-corrected chi connectivity index (χ3v) is 6.70. The second-order valence-electron chi connectivity index (χ2n) is 8.42. The molecule has 0 fully saturated rings. The number of esters is 1. The highest BCUT2D eigenvalue weighted by atomic mass is 32.1. The Hall–Kier alpha value is -3.85. The van der Waals surface area contributed by atoms with Crippen molar-refractivity contribution in [1.82, 2.24) is 4.57 Å². The quantitative estimate of drug-likeness (QED) is 0.456. The van der Waals surface area contributed by atoms with E-state index in [1.807, 2.05) is 18.2 Å². The van der Waals surface area contributed by atoms with E-state index in [4.69, 9.17) is 18.9 Å². The van der Waals surface area contributed by atoms with E-state index >= 15 is 0 Å². The number of ether oxygens (including phenoxy) is 4. The number of nitrogens with zero attached hydrogens (tertiary/aromatic N) is 2. The molecule has 9 heteroatoms. The Morgan fingerprint density at radius 2 is 1.72 bits per heavy atom. The molecule has 1 aliphatic rings. The third kappa shape index (κ3) is 4.79. The summed E-state index contributed by atoms with van der Waals surface area (Å²) in [5.41, 5.74) is 2.12. The number of rotatable bonds is 7. The minimum atomic E-state index is -0.689. The molecule has 0 aliphatic carbocycles. The summed E-state index contributed by atoms with van der Waals surface area (Å²) < 4.78 is 23.6. The van der Waals surface area contributed by atoms with Gasteiger partial charge in [0.05, 0.1) is 49.3 Å². The topological polar surface area (TPSA) is 88.4 Å². The van der Waals surface area contributed by atoms with Crippen LogP contribution in [0.2, 0.25) is 0 Å². The predicted molar refractivity (Wildman–Crippen MR) is 138 cm³/mol. The Kier molecular flexibility index (Phi) is 7.30. The van der Waals surface area contributed by atoms with Crippen LogP contribution in [0.5, 0.6) is 17.2 Å². The molecular weight excluding hydrogens is 480 g/mol. The Morgan fingerprint density at radius 1 is 1.03 bits per heavy atom. The molecular formula is C27H28N2O6S. The van der Waals surface area contributed by atoms with Gasteiger partial charge in [0.2, 0.25) is 0 Å². The lowest BCUT2D eigenvalue weighted by atomic mass is 9.96. The molecule has 0 saturated carbocycles. The van der Waals surface area contributed by atoms with Crippen LogP contribution in [0, 0.1) is 0 Å². The van der Waals surface area contributed by atoms with Crippen molar-refractivity contribution in [2.24, 2.45) is 4.99 Å². The molecule has 0 bridgehead atoms. The standard InChI is InChI=1S/C27H28N2O6S/c1-15(2)35-26(31)23-16(3)28-27-29(24(23)18-8-10-19(32-4)11-9-18)25(30)22(36-27)14-17-7-12-20(33-5)21(13-17)34-6/h7-15,24H,1-6H3. The molecule has 1 aliphatic heterocycles. The lowest BCUT2D eigenvalue weighted by Crippen LogP contribution is -2.40. The number of allylic oxidation sites excluding steroid dienone is 1. The Labute approximate surface area is 212 Å². The molecule has 1 aromatic heterocycles. The highest BCUT2D eigenvalue weighted by Gasteiger charge is 2.33. The van der Waals surface area contributed by atoms with Crippen LogP contribution in [0.1, 0.15) is 37.9 Å². The van der Waals surface area contributed by atoms with Crippen LogP contribution < -0.4 is 29.1 Å². The summed E-state index contributed by atoms with van der Waals surface area (Å²) >= 11 is 1.26. The number of benzene rings is 2. The van der Waals surface area contributed by atoms with Crippen molar-refractivity contribution in [2.45, 2.75) is 32.9 Å². The number of hydrogen-bond acceptors (Lipinski definition) is 8. The lowest BCUT2D eigenvalue weighted by Gasteiger charge is -2.25. The third-order valence-electron chi connectivity index (χ3n) is 5.72. The summed E-state index contributed by atoms with van der Waals surface area (Å²) in [4.78, 5) is 32.0. The second kappa shape index (κ2) is 10.4. The zero-order valence-corrected chi connectivity index (χ0v) is 21.8.